The van der Waals surface area contributed by atoms with Gasteiger partial charge < -0.3 is 14.8 Å². The predicted octanol–water partition coefficient (Wildman–Crippen LogP) is 4.74. The molecule has 0 radical (unpaired) electrons. The van der Waals surface area contributed by atoms with Crippen molar-refractivity contribution < 1.29 is 9.47 Å². The highest BCUT2D eigenvalue weighted by atomic mass is 35.5. The van der Waals surface area contributed by atoms with Gasteiger partial charge in [0.15, 0.2) is 11.5 Å². The Kier molecular flexibility index (Phi) is 6.75. The van der Waals surface area contributed by atoms with Crippen LogP contribution in [-0.4, -0.2) is 13.2 Å². The van der Waals surface area contributed by atoms with Gasteiger partial charge in [0.05, 0.1) is 11.6 Å². The highest BCUT2D eigenvalue weighted by Gasteiger charge is 2.13. The van der Waals surface area contributed by atoms with Gasteiger partial charge in [-0.3, -0.25) is 0 Å². The van der Waals surface area contributed by atoms with Crippen LogP contribution in [0.25, 0.3) is 0 Å². The summed E-state index contributed by atoms with van der Waals surface area (Å²) in [6.07, 6.45) is 0. The summed E-state index contributed by atoms with van der Waals surface area (Å²) in [5.41, 5.74) is 3.41. The van der Waals surface area contributed by atoms with E-state index in [4.69, 9.17) is 21.1 Å². The van der Waals surface area contributed by atoms with Crippen LogP contribution in [0.4, 0.5) is 0 Å². The molecule has 4 heteroatoms. The lowest BCUT2D eigenvalue weighted by Gasteiger charge is -2.15. The third kappa shape index (κ3) is 5.15. The fraction of sp³-hybridized carbons (Fsp3) is 0.368. The molecule has 0 amide bonds. The van der Waals surface area contributed by atoms with Gasteiger partial charge in [0.1, 0.15) is 6.61 Å². The molecule has 0 saturated carbocycles. The van der Waals surface area contributed by atoms with Gasteiger partial charge >= 0.3 is 0 Å². The second-order valence-corrected chi connectivity index (χ2v) is 5.80. The molecule has 2 aromatic carbocycles. The number of halogens is 1. The fourth-order valence-corrected chi connectivity index (χ4v) is 2.64. The molecule has 2 aromatic rings. The Bertz CT molecular complexity index is 643. The average Bonchev–Trinajstić information content (AvgIpc) is 2.52. The van der Waals surface area contributed by atoms with E-state index in [1.165, 1.54) is 5.56 Å². The van der Waals surface area contributed by atoms with Crippen molar-refractivity contribution in [3.05, 3.63) is 58.1 Å². The Balaban J connectivity index is 2.18. The lowest BCUT2D eigenvalue weighted by Crippen LogP contribution is -2.12. The van der Waals surface area contributed by atoms with E-state index in [2.05, 4.69) is 31.3 Å². The summed E-state index contributed by atoms with van der Waals surface area (Å²) in [6.45, 7) is 8.80. The molecule has 0 fully saturated rings. The summed E-state index contributed by atoms with van der Waals surface area (Å²) in [5, 5.41) is 3.87. The molecule has 23 heavy (non-hydrogen) atoms. The molecule has 0 spiro atoms. The Morgan fingerprint density at radius 1 is 1.04 bits per heavy atom. The Hall–Kier alpha value is -1.71. The number of hydrogen-bond acceptors (Lipinski definition) is 3. The molecule has 2 rings (SSSR count). The van der Waals surface area contributed by atoms with Crippen LogP contribution in [0.3, 0.4) is 0 Å². The molecular formula is C19H24ClNO2. The first kappa shape index (κ1) is 17.6. The summed E-state index contributed by atoms with van der Waals surface area (Å²) in [4.78, 5) is 0. The first-order valence-corrected chi connectivity index (χ1v) is 8.36. The maximum Gasteiger partial charge on any atom is 0.180 e. The second kappa shape index (κ2) is 8.80. The minimum atomic E-state index is 0.466. The van der Waals surface area contributed by atoms with Crippen molar-refractivity contribution >= 4 is 11.6 Å². The SMILES string of the molecule is CCNCc1cc(Cl)c(OCc2cccc(C)c2)c(OCC)c1. The topological polar surface area (TPSA) is 30.5 Å². The van der Waals surface area contributed by atoms with E-state index in [1.807, 2.05) is 31.2 Å². The van der Waals surface area contributed by atoms with E-state index < -0.39 is 0 Å². The number of ether oxygens (including phenoxy) is 2. The second-order valence-electron chi connectivity index (χ2n) is 5.40. The highest BCUT2D eigenvalue weighted by Crippen LogP contribution is 2.37. The summed E-state index contributed by atoms with van der Waals surface area (Å²) in [5.74, 6) is 1.30. The smallest absolute Gasteiger partial charge is 0.180 e. The van der Waals surface area contributed by atoms with Crippen LogP contribution in [0.15, 0.2) is 36.4 Å². The van der Waals surface area contributed by atoms with Crippen LogP contribution in [0.5, 0.6) is 11.5 Å². The first-order valence-electron chi connectivity index (χ1n) is 7.98. The first-order chi connectivity index (χ1) is 11.1. The number of rotatable bonds is 8. The van der Waals surface area contributed by atoms with Crippen molar-refractivity contribution in [1.82, 2.24) is 5.32 Å². The van der Waals surface area contributed by atoms with Crippen LogP contribution in [0.2, 0.25) is 5.02 Å². The third-order valence-corrected chi connectivity index (χ3v) is 3.69. The largest absolute Gasteiger partial charge is 0.490 e. The molecular weight excluding hydrogens is 310 g/mol. The molecule has 0 unspecified atom stereocenters. The van der Waals surface area contributed by atoms with Gasteiger partial charge in [-0.2, -0.15) is 0 Å². The molecule has 0 aliphatic heterocycles. The number of hydrogen-bond donors (Lipinski definition) is 1. The Labute approximate surface area is 143 Å². The summed E-state index contributed by atoms with van der Waals surface area (Å²) in [7, 11) is 0. The van der Waals surface area contributed by atoms with E-state index in [1.54, 1.807) is 0 Å². The molecule has 0 heterocycles. The van der Waals surface area contributed by atoms with Crippen LogP contribution in [0, 0.1) is 6.92 Å². The van der Waals surface area contributed by atoms with E-state index in [9.17, 15) is 0 Å². The standard InChI is InChI=1S/C19H24ClNO2/c1-4-21-12-16-10-17(20)19(18(11-16)22-5-2)23-13-15-8-6-7-14(3)9-15/h6-11,21H,4-5,12-13H2,1-3H3. The van der Waals surface area contributed by atoms with Crippen molar-refractivity contribution in [3.63, 3.8) is 0 Å². The minimum Gasteiger partial charge on any atom is -0.490 e. The highest BCUT2D eigenvalue weighted by molar-refractivity contribution is 6.32. The van der Waals surface area contributed by atoms with Crippen LogP contribution >= 0.6 is 11.6 Å². The van der Waals surface area contributed by atoms with Gasteiger partial charge in [-0.05, 0) is 43.7 Å². The number of benzene rings is 2. The molecule has 0 atom stereocenters. The van der Waals surface area contributed by atoms with Crippen LogP contribution in [0.1, 0.15) is 30.5 Å². The zero-order valence-electron chi connectivity index (χ0n) is 14.0. The predicted molar refractivity (Wildman–Crippen MR) is 95.5 cm³/mol. The molecule has 124 valence electrons. The van der Waals surface area contributed by atoms with Crippen molar-refractivity contribution in [1.29, 1.82) is 0 Å². The quantitative estimate of drug-likeness (QED) is 0.757. The lowest BCUT2D eigenvalue weighted by atomic mass is 10.1. The maximum absolute atomic E-state index is 6.41. The Morgan fingerprint density at radius 2 is 1.87 bits per heavy atom. The molecule has 0 bridgehead atoms. The lowest BCUT2D eigenvalue weighted by molar-refractivity contribution is 0.269. The third-order valence-electron chi connectivity index (χ3n) is 3.41. The summed E-state index contributed by atoms with van der Waals surface area (Å²) < 4.78 is 11.7. The zero-order valence-corrected chi connectivity index (χ0v) is 14.7. The molecule has 0 aliphatic carbocycles. The van der Waals surface area contributed by atoms with Crippen molar-refractivity contribution in [2.24, 2.45) is 0 Å². The van der Waals surface area contributed by atoms with Crippen molar-refractivity contribution in [2.45, 2.75) is 33.9 Å². The van der Waals surface area contributed by atoms with Crippen LogP contribution < -0.4 is 14.8 Å². The van der Waals surface area contributed by atoms with Crippen molar-refractivity contribution in [2.75, 3.05) is 13.2 Å². The van der Waals surface area contributed by atoms with E-state index in [0.29, 0.717) is 29.7 Å². The van der Waals surface area contributed by atoms with Gasteiger partial charge in [-0.1, -0.05) is 48.4 Å². The van der Waals surface area contributed by atoms with E-state index >= 15 is 0 Å². The molecule has 1 N–H and O–H groups in total. The molecule has 0 aliphatic rings. The maximum atomic E-state index is 6.41. The number of nitrogens with one attached hydrogen (secondary N) is 1. The van der Waals surface area contributed by atoms with Gasteiger partial charge in [-0.15, -0.1) is 0 Å². The molecule has 0 aromatic heterocycles. The van der Waals surface area contributed by atoms with Crippen LogP contribution in [-0.2, 0) is 13.2 Å². The van der Waals surface area contributed by atoms with Gasteiger partial charge in [-0.25, -0.2) is 0 Å². The zero-order chi connectivity index (χ0) is 16.7. The molecule has 3 nitrogen and oxygen atoms in total. The Morgan fingerprint density at radius 3 is 2.57 bits per heavy atom. The van der Waals surface area contributed by atoms with E-state index in [-0.39, 0.29) is 0 Å². The van der Waals surface area contributed by atoms with Gasteiger partial charge in [0.25, 0.3) is 0 Å². The van der Waals surface area contributed by atoms with Gasteiger partial charge in [0, 0.05) is 6.54 Å². The average molecular weight is 334 g/mol. The fourth-order valence-electron chi connectivity index (χ4n) is 2.35. The van der Waals surface area contributed by atoms with Crippen molar-refractivity contribution in [3.8, 4) is 11.5 Å². The van der Waals surface area contributed by atoms with E-state index in [0.717, 1.165) is 24.2 Å². The molecule has 0 saturated heterocycles. The number of aryl methyl sites for hydroxylation is 1. The minimum absolute atomic E-state index is 0.466. The normalized spacial score (nSPS) is 10.6. The monoisotopic (exact) mass is 333 g/mol. The van der Waals surface area contributed by atoms with Gasteiger partial charge in [0.2, 0.25) is 0 Å². The summed E-state index contributed by atoms with van der Waals surface area (Å²) >= 11 is 6.41. The summed E-state index contributed by atoms with van der Waals surface area (Å²) in [6, 6.07) is 12.2.